The molecule has 0 atom stereocenters. The maximum Gasteiger partial charge on any atom is 0.141 e. The molecule has 1 heterocycles. The Morgan fingerprint density at radius 3 is 2.67 bits per heavy atom. The predicted octanol–water partition coefficient (Wildman–Crippen LogP) is 2.02. The van der Waals surface area contributed by atoms with Crippen LogP contribution < -0.4 is 0 Å². The van der Waals surface area contributed by atoms with Gasteiger partial charge in [-0.3, -0.25) is 0 Å². The van der Waals surface area contributed by atoms with Crippen LogP contribution in [0.15, 0.2) is 54.2 Å². The number of phenolic OH excluding ortho intramolecular Hbond substituents is 1. The Labute approximate surface area is 103 Å². The SMILES string of the molecule is Oc1c(/C=N/n2cnnc2)ccc2ccccc12. The zero-order chi connectivity index (χ0) is 12.4. The molecule has 0 fully saturated rings. The molecule has 1 N–H and O–H groups in total. The van der Waals surface area contributed by atoms with Gasteiger partial charge in [0.15, 0.2) is 0 Å². The Bertz CT molecular complexity index is 704. The molecule has 0 saturated carbocycles. The van der Waals surface area contributed by atoms with Gasteiger partial charge in [0, 0.05) is 10.9 Å². The van der Waals surface area contributed by atoms with Gasteiger partial charge in [0.2, 0.25) is 0 Å². The van der Waals surface area contributed by atoms with Crippen LogP contribution in [0.5, 0.6) is 5.75 Å². The molecule has 0 aliphatic rings. The van der Waals surface area contributed by atoms with Crippen molar-refractivity contribution in [3.05, 3.63) is 54.6 Å². The average Bonchev–Trinajstić information content (AvgIpc) is 2.91. The van der Waals surface area contributed by atoms with Gasteiger partial charge in [-0.1, -0.05) is 30.3 Å². The summed E-state index contributed by atoms with van der Waals surface area (Å²) in [4.78, 5) is 0. The van der Waals surface area contributed by atoms with Gasteiger partial charge in [-0.25, -0.2) is 4.68 Å². The molecule has 0 unspecified atom stereocenters. The predicted molar refractivity (Wildman–Crippen MR) is 68.6 cm³/mol. The molecule has 0 spiro atoms. The highest BCUT2D eigenvalue weighted by Gasteiger charge is 2.03. The number of aromatic hydroxyl groups is 1. The molecule has 2 aromatic carbocycles. The second-order valence-electron chi connectivity index (χ2n) is 3.81. The monoisotopic (exact) mass is 238 g/mol. The van der Waals surface area contributed by atoms with Crippen molar-refractivity contribution in [1.82, 2.24) is 14.9 Å². The lowest BCUT2D eigenvalue weighted by atomic mass is 10.1. The van der Waals surface area contributed by atoms with Crippen molar-refractivity contribution in [3.8, 4) is 5.75 Å². The third-order valence-corrected chi connectivity index (χ3v) is 2.67. The summed E-state index contributed by atoms with van der Waals surface area (Å²) in [7, 11) is 0. The standard InChI is InChI=1S/C13H10N4O/c18-13-11(7-16-17-8-14-15-9-17)6-5-10-3-1-2-4-12(10)13/h1-9,18H/b16-7+. The van der Waals surface area contributed by atoms with Crippen LogP contribution in [0.25, 0.3) is 10.8 Å². The Balaban J connectivity index is 2.05. The van der Waals surface area contributed by atoms with Gasteiger partial charge < -0.3 is 5.11 Å². The Hall–Kier alpha value is -2.69. The first-order valence-electron chi connectivity index (χ1n) is 5.44. The largest absolute Gasteiger partial charge is 0.507 e. The second kappa shape index (κ2) is 4.29. The molecule has 0 amide bonds. The third-order valence-electron chi connectivity index (χ3n) is 2.67. The number of phenols is 1. The van der Waals surface area contributed by atoms with Crippen molar-refractivity contribution >= 4 is 17.0 Å². The number of hydrogen-bond donors (Lipinski definition) is 1. The first kappa shape index (κ1) is 10.5. The van der Waals surface area contributed by atoms with Crippen LogP contribution >= 0.6 is 0 Å². The lowest BCUT2D eigenvalue weighted by molar-refractivity contribution is 0.481. The Morgan fingerprint density at radius 2 is 1.83 bits per heavy atom. The molecule has 5 heteroatoms. The smallest absolute Gasteiger partial charge is 0.141 e. The quantitative estimate of drug-likeness (QED) is 0.695. The summed E-state index contributed by atoms with van der Waals surface area (Å²) in [6.45, 7) is 0. The van der Waals surface area contributed by atoms with Crippen molar-refractivity contribution in [2.75, 3.05) is 0 Å². The topological polar surface area (TPSA) is 63.3 Å². The summed E-state index contributed by atoms with van der Waals surface area (Å²) in [5.74, 6) is 0.227. The zero-order valence-corrected chi connectivity index (χ0v) is 9.43. The lowest BCUT2D eigenvalue weighted by Crippen LogP contribution is -1.88. The molecular formula is C13H10N4O. The average molecular weight is 238 g/mol. The normalized spacial score (nSPS) is 11.3. The van der Waals surface area contributed by atoms with E-state index in [9.17, 15) is 5.11 Å². The van der Waals surface area contributed by atoms with Crippen molar-refractivity contribution in [2.45, 2.75) is 0 Å². The highest BCUT2D eigenvalue weighted by atomic mass is 16.3. The third kappa shape index (κ3) is 1.82. The van der Waals surface area contributed by atoms with E-state index in [0.29, 0.717) is 5.56 Å². The molecule has 3 aromatic rings. The number of nitrogens with zero attached hydrogens (tertiary/aromatic N) is 4. The van der Waals surface area contributed by atoms with Crippen LogP contribution in [-0.4, -0.2) is 26.2 Å². The molecule has 0 bridgehead atoms. The van der Waals surface area contributed by atoms with Gasteiger partial charge >= 0.3 is 0 Å². The number of hydrogen-bond acceptors (Lipinski definition) is 4. The summed E-state index contributed by atoms with van der Waals surface area (Å²) in [6.07, 6.45) is 4.54. The van der Waals surface area contributed by atoms with E-state index in [1.165, 1.54) is 17.3 Å². The molecule has 18 heavy (non-hydrogen) atoms. The fourth-order valence-corrected chi connectivity index (χ4v) is 1.76. The Morgan fingerprint density at radius 1 is 1.06 bits per heavy atom. The number of rotatable bonds is 2. The fourth-order valence-electron chi connectivity index (χ4n) is 1.76. The maximum atomic E-state index is 10.1. The van der Waals surface area contributed by atoms with Crippen LogP contribution in [0.1, 0.15) is 5.56 Å². The molecular weight excluding hydrogens is 228 g/mol. The second-order valence-corrected chi connectivity index (χ2v) is 3.81. The van der Waals surface area contributed by atoms with E-state index < -0.39 is 0 Å². The van der Waals surface area contributed by atoms with Crippen LogP contribution in [0.2, 0.25) is 0 Å². The van der Waals surface area contributed by atoms with E-state index >= 15 is 0 Å². The van der Waals surface area contributed by atoms with Crippen LogP contribution in [0, 0.1) is 0 Å². The van der Waals surface area contributed by atoms with Crippen LogP contribution in [0.4, 0.5) is 0 Å². The molecule has 88 valence electrons. The van der Waals surface area contributed by atoms with E-state index in [2.05, 4.69) is 15.3 Å². The first-order valence-corrected chi connectivity index (χ1v) is 5.44. The minimum Gasteiger partial charge on any atom is -0.507 e. The fraction of sp³-hybridized carbons (Fsp3) is 0. The highest BCUT2D eigenvalue weighted by Crippen LogP contribution is 2.27. The number of fused-ring (bicyclic) bond motifs is 1. The summed E-state index contributed by atoms with van der Waals surface area (Å²) >= 11 is 0. The summed E-state index contributed by atoms with van der Waals surface area (Å²) in [5.41, 5.74) is 0.655. The summed E-state index contributed by atoms with van der Waals surface area (Å²) in [6, 6.07) is 11.4. The lowest BCUT2D eigenvalue weighted by Gasteiger charge is -2.03. The minimum absolute atomic E-state index is 0.227. The van der Waals surface area contributed by atoms with Gasteiger partial charge in [0.1, 0.15) is 18.4 Å². The minimum atomic E-state index is 0.227. The van der Waals surface area contributed by atoms with Gasteiger partial charge in [-0.2, -0.15) is 5.10 Å². The van der Waals surface area contributed by atoms with E-state index in [1.807, 2.05) is 36.4 Å². The van der Waals surface area contributed by atoms with E-state index in [1.54, 1.807) is 6.21 Å². The first-order chi connectivity index (χ1) is 8.84. The van der Waals surface area contributed by atoms with Crippen molar-refractivity contribution in [2.24, 2.45) is 5.10 Å². The molecule has 0 radical (unpaired) electrons. The van der Waals surface area contributed by atoms with Crippen molar-refractivity contribution in [3.63, 3.8) is 0 Å². The number of aromatic nitrogens is 3. The molecule has 1 aromatic heterocycles. The zero-order valence-electron chi connectivity index (χ0n) is 9.43. The maximum absolute atomic E-state index is 10.1. The van der Waals surface area contributed by atoms with E-state index in [0.717, 1.165) is 10.8 Å². The summed E-state index contributed by atoms with van der Waals surface area (Å²) in [5, 5.41) is 23.4. The number of benzene rings is 2. The highest BCUT2D eigenvalue weighted by molar-refractivity contribution is 5.96. The molecule has 5 nitrogen and oxygen atoms in total. The van der Waals surface area contributed by atoms with Crippen molar-refractivity contribution in [1.29, 1.82) is 0 Å². The van der Waals surface area contributed by atoms with Crippen molar-refractivity contribution < 1.29 is 5.11 Å². The van der Waals surface area contributed by atoms with Crippen LogP contribution in [0.3, 0.4) is 0 Å². The van der Waals surface area contributed by atoms with E-state index in [4.69, 9.17) is 0 Å². The van der Waals surface area contributed by atoms with Gasteiger partial charge in [0.25, 0.3) is 0 Å². The Kier molecular flexibility index (Phi) is 2.49. The molecule has 3 rings (SSSR count). The van der Waals surface area contributed by atoms with Crippen LogP contribution in [-0.2, 0) is 0 Å². The summed E-state index contributed by atoms with van der Waals surface area (Å²) < 4.78 is 1.47. The van der Waals surface area contributed by atoms with E-state index in [-0.39, 0.29) is 5.75 Å². The molecule has 0 aliphatic heterocycles. The van der Waals surface area contributed by atoms with Gasteiger partial charge in [0.05, 0.1) is 6.21 Å². The molecule has 0 saturated heterocycles. The van der Waals surface area contributed by atoms with Gasteiger partial charge in [-0.05, 0) is 11.5 Å². The van der Waals surface area contributed by atoms with Gasteiger partial charge in [-0.15, -0.1) is 10.2 Å². The molecule has 0 aliphatic carbocycles.